The molecule has 19 heavy (non-hydrogen) atoms. The summed E-state index contributed by atoms with van der Waals surface area (Å²) >= 11 is 0. The summed E-state index contributed by atoms with van der Waals surface area (Å²) in [5.41, 5.74) is 6.88. The number of rotatable bonds is 10. The molecule has 0 radical (unpaired) electrons. The van der Waals surface area contributed by atoms with E-state index in [1.54, 1.807) is 7.11 Å². The van der Waals surface area contributed by atoms with Crippen molar-refractivity contribution in [2.45, 2.75) is 39.0 Å². The van der Waals surface area contributed by atoms with E-state index in [0.717, 1.165) is 31.8 Å². The van der Waals surface area contributed by atoms with Crippen molar-refractivity contribution >= 4 is 5.69 Å². The fourth-order valence-corrected chi connectivity index (χ4v) is 2.19. The Labute approximate surface area is 117 Å². The second kappa shape index (κ2) is 9.68. The molecule has 0 saturated carbocycles. The highest BCUT2D eigenvalue weighted by molar-refractivity contribution is 5.50. The zero-order chi connectivity index (χ0) is 13.9. The third-order valence-corrected chi connectivity index (χ3v) is 3.33. The van der Waals surface area contributed by atoms with Gasteiger partial charge in [0.05, 0.1) is 7.11 Å². The van der Waals surface area contributed by atoms with Gasteiger partial charge in [-0.3, -0.25) is 0 Å². The van der Waals surface area contributed by atoms with Crippen molar-refractivity contribution in [3.63, 3.8) is 0 Å². The number of hydrogen-bond donors (Lipinski definition) is 1. The molecule has 0 bridgehead atoms. The predicted molar refractivity (Wildman–Crippen MR) is 83.0 cm³/mol. The van der Waals surface area contributed by atoms with Crippen LogP contribution in [0.5, 0.6) is 5.75 Å². The second-order valence-corrected chi connectivity index (χ2v) is 4.89. The Morgan fingerprint density at radius 1 is 1.11 bits per heavy atom. The zero-order valence-electron chi connectivity index (χ0n) is 12.4. The van der Waals surface area contributed by atoms with Crippen molar-refractivity contribution < 1.29 is 4.74 Å². The fraction of sp³-hybridized carbons (Fsp3) is 0.625. The molecule has 0 saturated heterocycles. The lowest BCUT2D eigenvalue weighted by Gasteiger charge is -2.25. The van der Waals surface area contributed by atoms with Gasteiger partial charge in [-0.1, -0.05) is 32.3 Å². The topological polar surface area (TPSA) is 38.5 Å². The first kappa shape index (κ1) is 15.8. The Morgan fingerprint density at radius 3 is 2.58 bits per heavy atom. The van der Waals surface area contributed by atoms with Crippen LogP contribution in [0, 0.1) is 0 Å². The van der Waals surface area contributed by atoms with Gasteiger partial charge >= 0.3 is 0 Å². The first-order valence-electron chi connectivity index (χ1n) is 7.41. The van der Waals surface area contributed by atoms with Crippen LogP contribution >= 0.6 is 0 Å². The van der Waals surface area contributed by atoms with Gasteiger partial charge in [0.2, 0.25) is 0 Å². The van der Waals surface area contributed by atoms with Crippen molar-refractivity contribution in [1.29, 1.82) is 0 Å². The number of methoxy groups -OCH3 is 1. The monoisotopic (exact) mass is 264 g/mol. The lowest BCUT2D eigenvalue weighted by atomic mass is 10.2. The van der Waals surface area contributed by atoms with E-state index in [9.17, 15) is 0 Å². The summed E-state index contributed by atoms with van der Waals surface area (Å²) in [5.74, 6) is 0.920. The van der Waals surface area contributed by atoms with E-state index in [1.165, 1.54) is 31.4 Å². The molecule has 0 amide bonds. The van der Waals surface area contributed by atoms with E-state index in [0.29, 0.717) is 0 Å². The van der Waals surface area contributed by atoms with E-state index in [4.69, 9.17) is 10.5 Å². The molecule has 3 heteroatoms. The molecule has 0 atom stereocenters. The van der Waals surface area contributed by atoms with Crippen LogP contribution in [0.1, 0.15) is 39.0 Å². The Morgan fingerprint density at radius 2 is 1.89 bits per heavy atom. The molecule has 0 fully saturated rings. The highest BCUT2D eigenvalue weighted by atomic mass is 16.5. The average molecular weight is 264 g/mol. The third kappa shape index (κ3) is 5.97. The molecule has 1 aromatic rings. The molecule has 108 valence electrons. The van der Waals surface area contributed by atoms with Crippen LogP contribution in [0.3, 0.4) is 0 Å². The number of unbranched alkanes of at least 4 members (excludes halogenated alkanes) is 3. The summed E-state index contributed by atoms with van der Waals surface area (Å²) in [6, 6.07) is 8.30. The highest BCUT2D eigenvalue weighted by Gasteiger charge is 2.06. The van der Waals surface area contributed by atoms with Gasteiger partial charge in [-0.25, -0.2) is 0 Å². The van der Waals surface area contributed by atoms with Gasteiger partial charge in [-0.05, 0) is 31.5 Å². The van der Waals surface area contributed by atoms with Gasteiger partial charge in [-0.15, -0.1) is 0 Å². The molecule has 1 aromatic carbocycles. The SMILES string of the molecule is CCCCCCN(CCCN)c1cccc(OC)c1. The van der Waals surface area contributed by atoms with E-state index in [2.05, 4.69) is 30.0 Å². The standard InChI is InChI=1S/C16H28N2O/c1-3-4-5-6-12-18(13-8-11-17)15-9-7-10-16(14-15)19-2/h7,9-10,14H,3-6,8,11-13,17H2,1-2H3. The molecule has 0 unspecified atom stereocenters. The maximum Gasteiger partial charge on any atom is 0.120 e. The van der Waals surface area contributed by atoms with E-state index < -0.39 is 0 Å². The molecule has 0 aliphatic carbocycles. The maximum atomic E-state index is 5.64. The molecule has 0 heterocycles. The Bertz CT molecular complexity index is 341. The summed E-state index contributed by atoms with van der Waals surface area (Å²) < 4.78 is 5.30. The molecule has 3 nitrogen and oxygen atoms in total. The molecule has 1 rings (SSSR count). The van der Waals surface area contributed by atoms with Crippen molar-refractivity contribution in [2.24, 2.45) is 5.73 Å². The molecule has 0 aliphatic rings. The Balaban J connectivity index is 2.60. The van der Waals surface area contributed by atoms with E-state index >= 15 is 0 Å². The lowest BCUT2D eigenvalue weighted by Crippen LogP contribution is -2.27. The number of ether oxygens (including phenoxy) is 1. The van der Waals surface area contributed by atoms with Crippen molar-refractivity contribution in [3.05, 3.63) is 24.3 Å². The van der Waals surface area contributed by atoms with Crippen LogP contribution in [-0.2, 0) is 0 Å². The molecular weight excluding hydrogens is 236 g/mol. The molecule has 2 N–H and O–H groups in total. The van der Waals surface area contributed by atoms with E-state index in [1.807, 2.05) is 6.07 Å². The Hall–Kier alpha value is -1.22. The number of hydrogen-bond acceptors (Lipinski definition) is 3. The van der Waals surface area contributed by atoms with Crippen molar-refractivity contribution in [2.75, 3.05) is 31.6 Å². The first-order chi connectivity index (χ1) is 9.31. The Kier molecular flexibility index (Phi) is 8.07. The summed E-state index contributed by atoms with van der Waals surface area (Å²) in [6.45, 7) is 5.12. The normalized spacial score (nSPS) is 10.5. The zero-order valence-corrected chi connectivity index (χ0v) is 12.4. The van der Waals surface area contributed by atoms with Gasteiger partial charge in [0.15, 0.2) is 0 Å². The third-order valence-electron chi connectivity index (χ3n) is 3.33. The van der Waals surface area contributed by atoms with Crippen molar-refractivity contribution in [3.8, 4) is 5.75 Å². The first-order valence-corrected chi connectivity index (χ1v) is 7.41. The minimum absolute atomic E-state index is 0.745. The molecule has 0 aromatic heterocycles. The van der Waals surface area contributed by atoms with Gasteiger partial charge in [0.25, 0.3) is 0 Å². The minimum atomic E-state index is 0.745. The largest absolute Gasteiger partial charge is 0.497 e. The predicted octanol–water partition coefficient (Wildman–Crippen LogP) is 3.43. The van der Waals surface area contributed by atoms with Crippen LogP contribution in [0.25, 0.3) is 0 Å². The van der Waals surface area contributed by atoms with Gasteiger partial charge in [-0.2, -0.15) is 0 Å². The molecule has 0 aliphatic heterocycles. The highest BCUT2D eigenvalue weighted by Crippen LogP contribution is 2.21. The maximum absolute atomic E-state index is 5.64. The summed E-state index contributed by atoms with van der Waals surface area (Å²) in [6.07, 6.45) is 6.19. The van der Waals surface area contributed by atoms with Crippen LogP contribution in [0.2, 0.25) is 0 Å². The summed E-state index contributed by atoms with van der Waals surface area (Å²) in [7, 11) is 1.71. The van der Waals surface area contributed by atoms with Crippen LogP contribution in [0.15, 0.2) is 24.3 Å². The van der Waals surface area contributed by atoms with Crippen molar-refractivity contribution in [1.82, 2.24) is 0 Å². The number of anilines is 1. The summed E-state index contributed by atoms with van der Waals surface area (Å²) in [5, 5.41) is 0. The number of benzene rings is 1. The summed E-state index contributed by atoms with van der Waals surface area (Å²) in [4.78, 5) is 2.42. The van der Waals surface area contributed by atoms with E-state index in [-0.39, 0.29) is 0 Å². The minimum Gasteiger partial charge on any atom is -0.497 e. The van der Waals surface area contributed by atoms with Crippen LogP contribution < -0.4 is 15.4 Å². The lowest BCUT2D eigenvalue weighted by molar-refractivity contribution is 0.414. The average Bonchev–Trinajstić information content (AvgIpc) is 2.46. The molecule has 0 spiro atoms. The van der Waals surface area contributed by atoms with Gasteiger partial charge < -0.3 is 15.4 Å². The number of nitrogens with zero attached hydrogens (tertiary/aromatic N) is 1. The molecular formula is C16H28N2O. The quantitative estimate of drug-likeness (QED) is 0.658. The van der Waals surface area contributed by atoms with Crippen LogP contribution in [-0.4, -0.2) is 26.7 Å². The number of nitrogens with two attached hydrogens (primary N) is 1. The fourth-order valence-electron chi connectivity index (χ4n) is 2.19. The second-order valence-electron chi connectivity index (χ2n) is 4.89. The van der Waals surface area contributed by atoms with Gasteiger partial charge in [0.1, 0.15) is 5.75 Å². The van der Waals surface area contributed by atoms with Crippen LogP contribution in [0.4, 0.5) is 5.69 Å². The van der Waals surface area contributed by atoms with Gasteiger partial charge in [0, 0.05) is 24.8 Å². The smallest absolute Gasteiger partial charge is 0.120 e.